The Kier molecular flexibility index (Phi) is 13.6. The third-order valence-corrected chi connectivity index (χ3v) is 5.92. The van der Waals surface area contributed by atoms with E-state index < -0.39 is 72.6 Å². The Morgan fingerprint density at radius 3 is 1.95 bits per heavy atom. The summed E-state index contributed by atoms with van der Waals surface area (Å²) in [6.45, 7) is 0. The molecule has 10 N–H and O–H groups in total. The van der Waals surface area contributed by atoms with Crippen molar-refractivity contribution in [1.29, 1.82) is 0 Å². The number of nitrogens with two attached hydrogens (primary N) is 2. The molecule has 4 unspecified atom stereocenters. The number of carboxylic acid groups (broad SMARTS) is 2. The average molecular weight is 556 g/mol. The SMILES string of the molecule is CSCCC(NC(=O)C(CCC(=O)O)NC(=O)C(CC(N)=O)NC(=O)C(N)Cc1ccc(O)cc1)C(=O)O. The smallest absolute Gasteiger partial charge is 0.326 e. The molecule has 15 heteroatoms. The number of benzene rings is 1. The molecular weight excluding hydrogens is 522 g/mol. The molecule has 0 saturated heterocycles. The zero-order valence-electron chi connectivity index (χ0n) is 20.7. The number of amides is 4. The Labute approximate surface area is 222 Å². The van der Waals surface area contributed by atoms with E-state index in [0.29, 0.717) is 11.3 Å². The summed E-state index contributed by atoms with van der Waals surface area (Å²) in [7, 11) is 0. The summed E-state index contributed by atoms with van der Waals surface area (Å²) in [5.41, 5.74) is 11.7. The summed E-state index contributed by atoms with van der Waals surface area (Å²) in [5.74, 6) is -5.86. The fraction of sp³-hybridized carbons (Fsp3) is 0.478. The summed E-state index contributed by atoms with van der Waals surface area (Å²) in [5, 5.41) is 34.6. The monoisotopic (exact) mass is 555 g/mol. The average Bonchev–Trinajstić information content (AvgIpc) is 2.84. The van der Waals surface area contributed by atoms with E-state index in [4.69, 9.17) is 16.6 Å². The van der Waals surface area contributed by atoms with Gasteiger partial charge in [0.25, 0.3) is 0 Å². The summed E-state index contributed by atoms with van der Waals surface area (Å²) in [6.07, 6.45) is 0.293. The zero-order valence-corrected chi connectivity index (χ0v) is 21.5. The highest BCUT2D eigenvalue weighted by Gasteiger charge is 2.31. The Bertz CT molecular complexity index is 1010. The highest BCUT2D eigenvalue weighted by molar-refractivity contribution is 7.98. The van der Waals surface area contributed by atoms with E-state index in [-0.39, 0.29) is 25.0 Å². The van der Waals surface area contributed by atoms with Crippen LogP contribution in [0.4, 0.5) is 0 Å². The minimum atomic E-state index is -1.54. The Morgan fingerprint density at radius 2 is 1.42 bits per heavy atom. The Balaban J connectivity index is 2.99. The van der Waals surface area contributed by atoms with Crippen LogP contribution < -0.4 is 27.4 Å². The second kappa shape index (κ2) is 16.1. The first kappa shape index (κ1) is 32.2. The predicted octanol–water partition coefficient (Wildman–Crippen LogP) is -1.71. The number of nitrogens with one attached hydrogen (secondary N) is 3. The fourth-order valence-electron chi connectivity index (χ4n) is 3.24. The number of rotatable bonds is 17. The molecule has 0 fully saturated rings. The van der Waals surface area contributed by atoms with Gasteiger partial charge in [-0.05, 0) is 49.0 Å². The van der Waals surface area contributed by atoms with Crippen LogP contribution in [0.5, 0.6) is 5.75 Å². The molecule has 0 aliphatic heterocycles. The topological polar surface area (TPSA) is 251 Å². The van der Waals surface area contributed by atoms with Crippen LogP contribution in [0.2, 0.25) is 0 Å². The van der Waals surface area contributed by atoms with E-state index >= 15 is 0 Å². The molecule has 0 heterocycles. The minimum absolute atomic E-state index is 0.0189. The van der Waals surface area contributed by atoms with Crippen molar-refractivity contribution in [2.75, 3.05) is 12.0 Å². The summed E-state index contributed by atoms with van der Waals surface area (Å²) >= 11 is 1.36. The van der Waals surface area contributed by atoms with Crippen LogP contribution in [0.3, 0.4) is 0 Å². The van der Waals surface area contributed by atoms with Gasteiger partial charge in [-0.2, -0.15) is 11.8 Å². The summed E-state index contributed by atoms with van der Waals surface area (Å²) < 4.78 is 0. The zero-order chi connectivity index (χ0) is 28.8. The lowest BCUT2D eigenvalue weighted by Gasteiger charge is -2.24. The molecular formula is C23H33N5O9S. The van der Waals surface area contributed by atoms with Crippen LogP contribution >= 0.6 is 11.8 Å². The van der Waals surface area contributed by atoms with Crippen molar-refractivity contribution in [1.82, 2.24) is 16.0 Å². The van der Waals surface area contributed by atoms with Crippen LogP contribution in [-0.2, 0) is 35.2 Å². The summed E-state index contributed by atoms with van der Waals surface area (Å²) in [4.78, 5) is 72.4. The first-order valence-corrected chi connectivity index (χ1v) is 12.9. The van der Waals surface area contributed by atoms with Gasteiger partial charge in [-0.25, -0.2) is 4.79 Å². The highest BCUT2D eigenvalue weighted by Crippen LogP contribution is 2.11. The van der Waals surface area contributed by atoms with Gasteiger partial charge in [0.05, 0.1) is 12.5 Å². The number of aromatic hydroxyl groups is 1. The van der Waals surface area contributed by atoms with E-state index in [1.54, 1.807) is 18.4 Å². The van der Waals surface area contributed by atoms with Gasteiger partial charge in [0.15, 0.2) is 0 Å². The van der Waals surface area contributed by atoms with Gasteiger partial charge in [-0.15, -0.1) is 0 Å². The standard InChI is InChI=1S/C23H33N5O9S/c1-38-9-8-16(23(36)37)27-21(34)15(6-7-19(31)32)26-22(35)17(11-18(25)30)28-20(33)14(24)10-12-2-4-13(29)5-3-12/h2-5,14-17,29H,6-11,24H2,1H3,(H2,25,30)(H,26,35)(H,27,34)(H,28,33)(H,31,32)(H,36,37). The highest BCUT2D eigenvalue weighted by atomic mass is 32.2. The van der Waals surface area contributed by atoms with E-state index in [1.807, 2.05) is 0 Å². The van der Waals surface area contributed by atoms with Crippen molar-refractivity contribution in [3.8, 4) is 5.75 Å². The number of carbonyl (C=O) groups is 6. The molecule has 4 atom stereocenters. The Morgan fingerprint density at radius 1 is 0.868 bits per heavy atom. The van der Waals surface area contributed by atoms with E-state index in [9.17, 15) is 39.0 Å². The quantitative estimate of drug-likeness (QED) is 0.107. The molecule has 0 aromatic heterocycles. The third-order valence-electron chi connectivity index (χ3n) is 5.27. The molecule has 0 saturated carbocycles. The van der Waals surface area contributed by atoms with Crippen LogP contribution in [0.15, 0.2) is 24.3 Å². The van der Waals surface area contributed by atoms with Crippen LogP contribution in [0.1, 0.15) is 31.2 Å². The van der Waals surface area contributed by atoms with E-state index in [0.717, 1.165) is 0 Å². The Hall–Kier alpha value is -3.85. The normalized spacial score (nSPS) is 13.8. The lowest BCUT2D eigenvalue weighted by Crippen LogP contribution is -2.58. The maximum absolute atomic E-state index is 12.9. The van der Waals surface area contributed by atoms with Gasteiger partial charge >= 0.3 is 11.9 Å². The minimum Gasteiger partial charge on any atom is -0.508 e. The van der Waals surface area contributed by atoms with Gasteiger partial charge < -0.3 is 42.7 Å². The van der Waals surface area contributed by atoms with Gasteiger partial charge in [-0.3, -0.25) is 24.0 Å². The van der Waals surface area contributed by atoms with Gasteiger partial charge in [-0.1, -0.05) is 12.1 Å². The third kappa shape index (κ3) is 11.9. The number of aliphatic carboxylic acids is 2. The van der Waals surface area contributed by atoms with Gasteiger partial charge in [0.2, 0.25) is 23.6 Å². The second-order valence-corrected chi connectivity index (χ2v) is 9.37. The number of phenols is 1. The number of thioether (sulfide) groups is 1. The molecule has 1 aromatic carbocycles. The lowest BCUT2D eigenvalue weighted by atomic mass is 10.0. The largest absolute Gasteiger partial charge is 0.508 e. The van der Waals surface area contributed by atoms with Crippen LogP contribution in [0.25, 0.3) is 0 Å². The van der Waals surface area contributed by atoms with Crippen molar-refractivity contribution < 1.29 is 44.1 Å². The number of carbonyl (C=O) groups excluding carboxylic acids is 4. The first-order valence-electron chi connectivity index (χ1n) is 11.5. The van der Waals surface area contributed by atoms with Crippen LogP contribution in [0, 0.1) is 0 Å². The summed E-state index contributed by atoms with van der Waals surface area (Å²) in [6, 6.07) is 0.449. The molecule has 4 amide bonds. The molecule has 14 nitrogen and oxygen atoms in total. The number of phenolic OH excluding ortho intramolecular Hbond substituents is 1. The second-order valence-electron chi connectivity index (χ2n) is 8.38. The van der Waals surface area contributed by atoms with Crippen LogP contribution in [-0.4, -0.2) is 87.1 Å². The first-order chi connectivity index (χ1) is 17.8. The molecule has 0 radical (unpaired) electrons. The number of hydrogen-bond donors (Lipinski definition) is 8. The van der Waals surface area contributed by atoms with E-state index in [1.165, 1.54) is 23.9 Å². The van der Waals surface area contributed by atoms with Crippen molar-refractivity contribution in [2.45, 2.75) is 56.3 Å². The van der Waals surface area contributed by atoms with Crippen molar-refractivity contribution in [2.24, 2.45) is 11.5 Å². The predicted molar refractivity (Wildman–Crippen MR) is 137 cm³/mol. The molecule has 0 aliphatic rings. The van der Waals surface area contributed by atoms with Crippen molar-refractivity contribution in [3.63, 3.8) is 0 Å². The maximum Gasteiger partial charge on any atom is 0.326 e. The van der Waals surface area contributed by atoms with Crippen molar-refractivity contribution in [3.05, 3.63) is 29.8 Å². The van der Waals surface area contributed by atoms with Crippen molar-refractivity contribution >= 4 is 47.3 Å². The molecule has 38 heavy (non-hydrogen) atoms. The van der Waals surface area contributed by atoms with Gasteiger partial charge in [0.1, 0.15) is 23.9 Å². The molecule has 210 valence electrons. The van der Waals surface area contributed by atoms with E-state index in [2.05, 4.69) is 16.0 Å². The molecule has 0 bridgehead atoms. The molecule has 1 aromatic rings. The molecule has 1 rings (SSSR count). The molecule has 0 spiro atoms. The number of primary amides is 1. The fourth-order valence-corrected chi connectivity index (χ4v) is 3.71. The number of hydrogen-bond acceptors (Lipinski definition) is 9. The lowest BCUT2D eigenvalue weighted by molar-refractivity contribution is -0.143. The maximum atomic E-state index is 12.9. The number of carboxylic acids is 2. The van der Waals surface area contributed by atoms with Gasteiger partial charge in [0, 0.05) is 6.42 Å². The molecule has 0 aliphatic carbocycles.